The first-order valence-corrected chi connectivity index (χ1v) is 13.0. The molecule has 0 spiro atoms. The van der Waals surface area contributed by atoms with Crippen LogP contribution >= 0.6 is 11.6 Å². The number of nitrogens with one attached hydrogen (secondary N) is 1. The van der Waals surface area contributed by atoms with Crippen molar-refractivity contribution in [1.82, 2.24) is 40.1 Å². The van der Waals surface area contributed by atoms with Crippen LogP contribution < -0.4 is 4.74 Å². The van der Waals surface area contributed by atoms with E-state index in [9.17, 15) is 0 Å². The highest BCUT2D eigenvalue weighted by Crippen LogP contribution is 2.36. The molecule has 39 heavy (non-hydrogen) atoms. The fourth-order valence-electron chi connectivity index (χ4n) is 4.71. The number of hydrogen-bond donors (Lipinski definition) is 1. The quantitative estimate of drug-likeness (QED) is 0.253. The van der Waals surface area contributed by atoms with E-state index in [1.807, 2.05) is 25.1 Å². The lowest BCUT2D eigenvalue weighted by molar-refractivity contribution is 0.463. The predicted molar refractivity (Wildman–Crippen MR) is 150 cm³/mol. The highest BCUT2D eigenvalue weighted by atomic mass is 35.5. The second-order valence-electron chi connectivity index (χ2n) is 9.25. The average molecular weight is 537 g/mol. The average Bonchev–Trinajstić information content (AvgIpc) is 3.59. The van der Waals surface area contributed by atoms with Gasteiger partial charge in [-0.15, -0.1) is 10.2 Å². The minimum atomic E-state index is 0.339. The summed E-state index contributed by atoms with van der Waals surface area (Å²) in [6, 6.07) is 19.6. The Morgan fingerprint density at radius 3 is 2.56 bits per heavy atom. The van der Waals surface area contributed by atoms with Crippen LogP contribution in [0.3, 0.4) is 0 Å². The van der Waals surface area contributed by atoms with Crippen molar-refractivity contribution < 1.29 is 4.74 Å². The molecule has 0 aliphatic rings. The molecule has 0 unspecified atom stereocenters. The number of hydrogen-bond acceptors (Lipinski definition) is 7. The predicted octanol–water partition coefficient (Wildman–Crippen LogP) is 6.35. The zero-order valence-corrected chi connectivity index (χ0v) is 22.4. The van der Waals surface area contributed by atoms with Crippen molar-refractivity contribution >= 4 is 22.8 Å². The van der Waals surface area contributed by atoms with Gasteiger partial charge in [-0.25, -0.2) is 15.0 Å². The minimum absolute atomic E-state index is 0.339. The van der Waals surface area contributed by atoms with Crippen molar-refractivity contribution in [3.8, 4) is 34.1 Å². The van der Waals surface area contributed by atoms with Gasteiger partial charge >= 0.3 is 0 Å². The molecule has 0 radical (unpaired) electrons. The van der Waals surface area contributed by atoms with E-state index in [1.165, 1.54) is 0 Å². The lowest BCUT2D eigenvalue weighted by atomic mass is 9.98. The number of pyridine rings is 2. The molecule has 0 aliphatic heterocycles. The number of ether oxygens (including phenoxy) is 1. The number of aryl methyl sites for hydroxylation is 3. The molecule has 4 heterocycles. The molecule has 2 aromatic carbocycles. The molecule has 4 aromatic heterocycles. The third kappa shape index (κ3) is 4.84. The van der Waals surface area contributed by atoms with Gasteiger partial charge in [0.1, 0.15) is 22.1 Å². The number of rotatable bonds is 7. The molecule has 0 bridgehead atoms. The van der Waals surface area contributed by atoms with Crippen molar-refractivity contribution in [3.63, 3.8) is 0 Å². The van der Waals surface area contributed by atoms with Gasteiger partial charge in [-0.05, 0) is 77.7 Å². The van der Waals surface area contributed by atoms with Gasteiger partial charge in [0.15, 0.2) is 5.65 Å². The van der Waals surface area contributed by atoms with Gasteiger partial charge < -0.3 is 9.30 Å². The molecule has 0 amide bonds. The molecule has 6 aromatic rings. The molecule has 194 valence electrons. The highest BCUT2D eigenvalue weighted by Gasteiger charge is 2.16. The Morgan fingerprint density at radius 2 is 1.82 bits per heavy atom. The van der Waals surface area contributed by atoms with Crippen LogP contribution in [0, 0.1) is 13.8 Å². The molecule has 10 heteroatoms. The normalized spacial score (nSPS) is 11.3. The summed E-state index contributed by atoms with van der Waals surface area (Å²) in [5.41, 5.74) is 7.85. The summed E-state index contributed by atoms with van der Waals surface area (Å²) in [5, 5.41) is 15.1. The van der Waals surface area contributed by atoms with Crippen molar-refractivity contribution in [1.29, 1.82) is 0 Å². The number of aromatic amines is 1. The fraction of sp³-hybridized carbons (Fsp3) is 0.172. The largest absolute Gasteiger partial charge is 0.438 e. The summed E-state index contributed by atoms with van der Waals surface area (Å²) in [7, 11) is 0. The first kappa shape index (κ1) is 24.7. The van der Waals surface area contributed by atoms with E-state index >= 15 is 0 Å². The fourth-order valence-corrected chi connectivity index (χ4v) is 4.87. The third-order valence-corrected chi connectivity index (χ3v) is 6.83. The van der Waals surface area contributed by atoms with E-state index in [2.05, 4.69) is 74.4 Å². The molecular formula is C29H25ClN8O. The van der Waals surface area contributed by atoms with Crippen molar-refractivity contribution in [3.05, 3.63) is 94.5 Å². The van der Waals surface area contributed by atoms with Crippen LogP contribution in [0.2, 0.25) is 5.02 Å². The first-order valence-electron chi connectivity index (χ1n) is 12.6. The van der Waals surface area contributed by atoms with Gasteiger partial charge in [0, 0.05) is 23.9 Å². The number of benzene rings is 2. The Kier molecular flexibility index (Phi) is 6.50. The van der Waals surface area contributed by atoms with Gasteiger partial charge in [-0.3, -0.25) is 0 Å². The zero-order chi connectivity index (χ0) is 26.9. The van der Waals surface area contributed by atoms with Crippen LogP contribution in [0.15, 0.2) is 66.9 Å². The summed E-state index contributed by atoms with van der Waals surface area (Å²) < 4.78 is 8.21. The van der Waals surface area contributed by atoms with E-state index in [0.717, 1.165) is 56.9 Å². The Labute approximate surface area is 229 Å². The van der Waals surface area contributed by atoms with Crippen LogP contribution in [-0.2, 0) is 13.0 Å². The molecule has 1 N–H and O–H groups in total. The van der Waals surface area contributed by atoms with E-state index in [1.54, 1.807) is 18.3 Å². The summed E-state index contributed by atoms with van der Waals surface area (Å²) in [6.07, 6.45) is 2.47. The summed E-state index contributed by atoms with van der Waals surface area (Å²) in [4.78, 5) is 13.9. The summed E-state index contributed by atoms with van der Waals surface area (Å²) in [6.45, 7) is 6.90. The van der Waals surface area contributed by atoms with Crippen LogP contribution in [0.5, 0.6) is 11.6 Å². The SMILES string of the molecule is CCc1nc2c(C)cc(C)nc2n1Cc1ccc(-c2cc(Oc3ncccc3Cl)ccc2-c2nn[nH]n2)cc1. The second-order valence-corrected chi connectivity index (χ2v) is 9.66. The first-order chi connectivity index (χ1) is 19.0. The third-order valence-electron chi connectivity index (χ3n) is 6.54. The van der Waals surface area contributed by atoms with Gasteiger partial charge in [0.25, 0.3) is 0 Å². The molecule has 0 saturated heterocycles. The van der Waals surface area contributed by atoms with Crippen molar-refractivity contribution in [2.45, 2.75) is 33.7 Å². The summed E-state index contributed by atoms with van der Waals surface area (Å²) >= 11 is 6.26. The van der Waals surface area contributed by atoms with Crippen LogP contribution in [0.1, 0.15) is 29.6 Å². The number of aromatic nitrogens is 8. The minimum Gasteiger partial charge on any atom is -0.438 e. The number of H-pyrrole nitrogens is 1. The van der Waals surface area contributed by atoms with E-state index in [0.29, 0.717) is 29.0 Å². The second kappa shape index (κ2) is 10.3. The maximum atomic E-state index is 6.26. The molecule has 0 atom stereocenters. The van der Waals surface area contributed by atoms with Gasteiger partial charge in [0.05, 0.1) is 6.54 Å². The maximum Gasteiger partial charge on any atom is 0.238 e. The monoisotopic (exact) mass is 536 g/mol. The Morgan fingerprint density at radius 1 is 0.974 bits per heavy atom. The van der Waals surface area contributed by atoms with Crippen molar-refractivity contribution in [2.24, 2.45) is 0 Å². The van der Waals surface area contributed by atoms with E-state index in [-0.39, 0.29) is 0 Å². The molecule has 9 nitrogen and oxygen atoms in total. The van der Waals surface area contributed by atoms with Crippen LogP contribution in [-0.4, -0.2) is 40.1 Å². The van der Waals surface area contributed by atoms with Crippen molar-refractivity contribution in [2.75, 3.05) is 0 Å². The number of halogens is 1. The molecule has 0 aliphatic carbocycles. The molecule has 0 saturated carbocycles. The van der Waals surface area contributed by atoms with E-state index < -0.39 is 0 Å². The standard InChI is InChI=1S/C29H25ClN8O/c1-4-25-33-26-17(2)14-18(3)32-28(26)38(25)16-19-7-9-20(10-8-19)23-15-21(39-29-24(30)6-5-13-31-29)11-12-22(23)27-34-36-37-35-27/h5-15H,4,16H2,1-3H3,(H,34,35,36,37). The maximum absolute atomic E-state index is 6.26. The smallest absolute Gasteiger partial charge is 0.238 e. The zero-order valence-electron chi connectivity index (χ0n) is 21.7. The number of nitrogens with zero attached hydrogens (tertiary/aromatic N) is 7. The Balaban J connectivity index is 1.36. The van der Waals surface area contributed by atoms with Gasteiger partial charge in [0.2, 0.25) is 11.7 Å². The van der Waals surface area contributed by atoms with Gasteiger partial charge in [-0.2, -0.15) is 5.21 Å². The Hall–Kier alpha value is -4.63. The number of imidazole rings is 1. The highest BCUT2D eigenvalue weighted by molar-refractivity contribution is 6.31. The number of tetrazole rings is 1. The lowest BCUT2D eigenvalue weighted by Crippen LogP contribution is -2.05. The van der Waals surface area contributed by atoms with E-state index in [4.69, 9.17) is 26.3 Å². The van der Waals surface area contributed by atoms with Gasteiger partial charge in [-0.1, -0.05) is 42.8 Å². The summed E-state index contributed by atoms with van der Waals surface area (Å²) in [5.74, 6) is 2.45. The number of fused-ring (bicyclic) bond motifs is 1. The van der Waals surface area contributed by atoms with Crippen LogP contribution in [0.25, 0.3) is 33.7 Å². The molecular weight excluding hydrogens is 512 g/mol. The molecule has 6 rings (SSSR count). The Bertz CT molecular complexity index is 1780. The lowest BCUT2D eigenvalue weighted by Gasteiger charge is -2.13. The topological polar surface area (TPSA) is 107 Å². The molecule has 0 fully saturated rings. The van der Waals surface area contributed by atoms with Crippen LogP contribution in [0.4, 0.5) is 0 Å².